The molecule has 3 aromatic carbocycles. The molecule has 0 radical (unpaired) electrons. The van der Waals surface area contributed by atoms with Crippen LogP contribution < -0.4 is 9.64 Å². The smallest absolute Gasteiger partial charge is 0.340 e. The van der Waals surface area contributed by atoms with Crippen molar-refractivity contribution in [1.29, 1.82) is 0 Å². The minimum Gasteiger partial charge on any atom is -0.496 e. The van der Waals surface area contributed by atoms with E-state index in [1.807, 2.05) is 38.1 Å². The zero-order valence-corrected chi connectivity index (χ0v) is 48.3. The number of nitro groups is 1. The molecular formula is C64H75N7O12. The summed E-state index contributed by atoms with van der Waals surface area (Å²) in [6, 6.07) is 13.1. The van der Waals surface area contributed by atoms with Gasteiger partial charge in [0.05, 0.1) is 42.0 Å². The monoisotopic (exact) mass is 1130 g/mol. The van der Waals surface area contributed by atoms with Gasteiger partial charge in [0.1, 0.15) is 18.1 Å². The highest BCUT2D eigenvalue weighted by Gasteiger charge is 2.78. The van der Waals surface area contributed by atoms with Crippen LogP contribution >= 0.6 is 0 Å². The van der Waals surface area contributed by atoms with Crippen molar-refractivity contribution < 1.29 is 53.4 Å². The van der Waals surface area contributed by atoms with E-state index < -0.39 is 61.8 Å². The lowest BCUT2D eigenvalue weighted by Gasteiger charge is -2.63. The molecule has 6 aliphatic heterocycles. The number of aromatic nitrogens is 1. The molecule has 2 saturated heterocycles. The number of piperidine rings is 1. The predicted octanol–water partition coefficient (Wildman–Crippen LogP) is 6.88. The van der Waals surface area contributed by atoms with Crippen molar-refractivity contribution in [2.75, 3.05) is 64.9 Å². The van der Waals surface area contributed by atoms with E-state index in [2.05, 4.69) is 51.8 Å². The molecule has 11 rings (SSSR count). The number of ether oxygens (including phenoxy) is 2. The number of esters is 1. The van der Waals surface area contributed by atoms with Crippen LogP contribution in [0.2, 0.25) is 0 Å². The second-order valence-electron chi connectivity index (χ2n) is 24.7. The van der Waals surface area contributed by atoms with Gasteiger partial charge in [0, 0.05) is 126 Å². The summed E-state index contributed by atoms with van der Waals surface area (Å²) < 4.78 is 12.0. The minimum atomic E-state index is -2.08. The number of benzene rings is 3. The minimum absolute atomic E-state index is 0.0490. The molecule has 3 amide bonds. The fourth-order valence-corrected chi connectivity index (χ4v) is 16.6. The van der Waals surface area contributed by atoms with E-state index in [1.54, 1.807) is 24.3 Å². The summed E-state index contributed by atoms with van der Waals surface area (Å²) in [5, 5.41) is 38.7. The van der Waals surface area contributed by atoms with E-state index in [0.29, 0.717) is 107 Å². The van der Waals surface area contributed by atoms with Gasteiger partial charge in [-0.15, -0.1) is 0 Å². The van der Waals surface area contributed by atoms with Crippen molar-refractivity contribution in [2.24, 2.45) is 22.2 Å². The Labute approximate surface area is 482 Å². The molecule has 3 fully saturated rings. The third-order valence-electron chi connectivity index (χ3n) is 20.4. The zero-order valence-electron chi connectivity index (χ0n) is 48.3. The Morgan fingerprint density at radius 3 is 2.45 bits per heavy atom. The van der Waals surface area contributed by atoms with Crippen LogP contribution in [-0.4, -0.2) is 160 Å². The first-order valence-electron chi connectivity index (χ1n) is 29.4. The largest absolute Gasteiger partial charge is 0.496 e. The Kier molecular flexibility index (Phi) is 15.1. The predicted molar refractivity (Wildman–Crippen MR) is 311 cm³/mol. The number of carbonyl (C=O) groups is 6. The van der Waals surface area contributed by atoms with Crippen molar-refractivity contribution in [3.8, 4) is 5.75 Å². The summed E-state index contributed by atoms with van der Waals surface area (Å²) in [7, 11) is 2.92. The van der Waals surface area contributed by atoms with Crippen LogP contribution in [0, 0.1) is 27.4 Å². The highest BCUT2D eigenvalue weighted by molar-refractivity contribution is 6.13. The van der Waals surface area contributed by atoms with Gasteiger partial charge in [-0.2, -0.15) is 0 Å². The number of anilines is 1. The van der Waals surface area contributed by atoms with Crippen LogP contribution in [0.3, 0.4) is 0 Å². The number of amides is 3. The second kappa shape index (κ2) is 21.8. The lowest BCUT2D eigenvalue weighted by atomic mass is 9.45. The number of nitro benzene ring substituents is 1. The number of imide groups is 1. The van der Waals surface area contributed by atoms with E-state index in [9.17, 15) is 49.1 Å². The Morgan fingerprint density at radius 1 is 0.952 bits per heavy atom. The molecule has 7 aliphatic rings. The molecule has 1 aromatic heterocycles. The van der Waals surface area contributed by atoms with Gasteiger partial charge in [0.15, 0.2) is 11.4 Å². The van der Waals surface area contributed by atoms with Gasteiger partial charge in [-0.1, -0.05) is 51.5 Å². The van der Waals surface area contributed by atoms with Crippen molar-refractivity contribution in [3.05, 3.63) is 122 Å². The topological polar surface area (TPSA) is 246 Å². The second-order valence-corrected chi connectivity index (χ2v) is 24.7. The number of ketones is 2. The summed E-state index contributed by atoms with van der Waals surface area (Å²) >= 11 is 0. The number of unbranched alkanes of at least 4 members (excludes halogenated alkanes) is 2. The van der Waals surface area contributed by atoms with Crippen LogP contribution in [0.5, 0.6) is 5.75 Å². The lowest BCUT2D eigenvalue weighted by Crippen LogP contribution is -2.78. The van der Waals surface area contributed by atoms with Crippen molar-refractivity contribution in [2.45, 2.75) is 132 Å². The third-order valence-corrected chi connectivity index (χ3v) is 20.4. The maximum absolute atomic E-state index is 14.4. The van der Waals surface area contributed by atoms with Gasteiger partial charge >= 0.3 is 5.97 Å². The fraction of sp³-hybridized carbons (Fsp3) is 0.516. The number of H-pyrrole nitrogens is 1. The van der Waals surface area contributed by atoms with Gasteiger partial charge in [0.25, 0.3) is 17.5 Å². The Balaban J connectivity index is 0.919. The van der Waals surface area contributed by atoms with E-state index in [4.69, 9.17) is 9.47 Å². The molecule has 1 spiro atoms. The molecule has 19 heteroatoms. The summed E-state index contributed by atoms with van der Waals surface area (Å²) in [6.07, 6.45) is 14.7. The van der Waals surface area contributed by atoms with Crippen molar-refractivity contribution in [1.82, 2.24) is 19.7 Å². The number of hydrogen-bond donors (Lipinski definition) is 3. The normalized spacial score (nSPS) is 30.6. The van der Waals surface area contributed by atoms with Crippen molar-refractivity contribution >= 4 is 64.3 Å². The number of Topliss-reactive ketones (excluding diaryl/α,β-unsaturated/α-hetero) is 2. The van der Waals surface area contributed by atoms with Crippen molar-refractivity contribution in [3.63, 3.8) is 0 Å². The van der Waals surface area contributed by atoms with Crippen LogP contribution in [0.1, 0.15) is 129 Å². The molecule has 4 aromatic rings. The van der Waals surface area contributed by atoms with E-state index in [-0.39, 0.29) is 61.1 Å². The Bertz CT molecular complexity index is 3420. The number of hydrogen-bond acceptors (Lipinski definition) is 15. The lowest BCUT2D eigenvalue weighted by molar-refractivity contribution is -0.385. The van der Waals surface area contributed by atoms with Gasteiger partial charge in [-0.3, -0.25) is 53.8 Å². The number of aromatic amines is 1. The maximum Gasteiger partial charge on any atom is 0.340 e. The highest BCUT2D eigenvalue weighted by atomic mass is 16.6. The first-order valence-corrected chi connectivity index (χ1v) is 29.4. The van der Waals surface area contributed by atoms with E-state index in [0.717, 1.165) is 51.1 Å². The molecule has 1 aliphatic carbocycles. The first-order chi connectivity index (χ1) is 39.7. The number of nitrogens with zero attached hydrogens (tertiary/aromatic N) is 6. The van der Waals surface area contributed by atoms with Gasteiger partial charge in [-0.05, 0) is 117 Å². The molecule has 1 unspecified atom stereocenters. The number of fused-ring (bicyclic) bond motifs is 6. The highest BCUT2D eigenvalue weighted by Crippen LogP contribution is 2.69. The average Bonchev–Trinajstić information content (AvgIpc) is 2.24. The summed E-state index contributed by atoms with van der Waals surface area (Å²) in [4.78, 5) is 106. The summed E-state index contributed by atoms with van der Waals surface area (Å²) in [6.45, 7) is 11.6. The van der Waals surface area contributed by atoms with Crippen LogP contribution in [0.4, 0.5) is 11.4 Å². The summed E-state index contributed by atoms with van der Waals surface area (Å²) in [5.74, 6) is -2.18. The number of nitrogens with one attached hydrogen (secondary N) is 1. The molecule has 2 bridgehead atoms. The van der Waals surface area contributed by atoms with E-state index >= 15 is 0 Å². The SMILES string of the molecule is CC[C@]1(O)C[C@H]2CN(CCc3c([nH]c4ccc(C=NCC(=O)c5ccc(CC(=O)CCCCCN6C(=O)C=CC6=O)cc5[N+](=O)[O-])cc34)[C@@](C)(c3cc4c(cc3OC)N(C=O)[C@H]3[C@@](O)(C(=O)OC)[C@H](C)[C@]5(CC)C=CCN6CC[C@]43[C@@H]65)C2)C1. The number of aliphatic hydroxyl groups is 2. The molecule has 7 heterocycles. The number of carbonyl (C=O) groups excluding carboxylic acids is 6. The molecule has 19 nitrogen and oxygen atoms in total. The molecule has 10 atom stereocenters. The molecular weight excluding hydrogens is 1060 g/mol. The van der Waals surface area contributed by atoms with E-state index in [1.165, 1.54) is 31.4 Å². The zero-order chi connectivity index (χ0) is 59.0. The number of rotatable bonds is 19. The first kappa shape index (κ1) is 57.6. The summed E-state index contributed by atoms with van der Waals surface area (Å²) in [5.41, 5.74) is 0.504. The average molecular weight is 1130 g/mol. The fourth-order valence-electron chi connectivity index (χ4n) is 16.6. The maximum atomic E-state index is 14.4. The Morgan fingerprint density at radius 2 is 1.73 bits per heavy atom. The Hall–Kier alpha value is -7.19. The molecule has 83 heavy (non-hydrogen) atoms. The van der Waals surface area contributed by atoms with Crippen LogP contribution in [0.15, 0.2) is 77.8 Å². The number of aliphatic imine (C=N–C) groups is 1. The standard InChI is InChI=1S/C64H75N7O12/c1-7-61(78)33-42-32-60(4,48-30-47-51(31-53(48)82-5)70(38-72)58-63(47)22-26-68-23-12-21-62(8-2,57(63)68)39(3)64(58,79)59(77)83-6)56-44(20-25-67(36-42)37-61)46-28-41(15-17-49(46)66-56)34-65-35-52(74)45-16-14-40(29-50(45)71(80)81)27-43(73)13-10-9-11-24-69-54(75)18-19-55(69)76/h12,14-19,21,28-31,34,38-39,42,57-58,66,78-79H,7-11,13,20,22-27,32-33,35-37H2,1-6H3/t39-,42+,57+,58-,60-,61+,62+,63-,64-/m1/s1. The number of methoxy groups -OCH3 is 2. The van der Waals surface area contributed by atoms with Crippen LogP contribution in [0.25, 0.3) is 10.9 Å². The quantitative estimate of drug-likeness (QED) is 0.00998. The molecule has 438 valence electrons. The molecule has 1 saturated carbocycles. The van der Waals surface area contributed by atoms with Gasteiger partial charge < -0.3 is 29.6 Å². The van der Waals surface area contributed by atoms with Gasteiger partial charge in [0.2, 0.25) is 6.41 Å². The van der Waals surface area contributed by atoms with Gasteiger partial charge in [-0.25, -0.2) is 4.79 Å². The van der Waals surface area contributed by atoms with Crippen LogP contribution in [-0.2, 0) is 52.4 Å². The molecule has 3 N–H and O–H groups in total. The third kappa shape index (κ3) is 9.27.